The van der Waals surface area contributed by atoms with Gasteiger partial charge in [-0.1, -0.05) is 23.7 Å². The van der Waals surface area contributed by atoms with E-state index in [2.05, 4.69) is 6.58 Å². The first-order chi connectivity index (χ1) is 9.50. The largest absolute Gasteiger partial charge is 0.330 e. The van der Waals surface area contributed by atoms with Gasteiger partial charge in [-0.15, -0.1) is 6.58 Å². The Kier molecular flexibility index (Phi) is 5.47. The van der Waals surface area contributed by atoms with Crippen molar-refractivity contribution in [3.63, 3.8) is 0 Å². The maximum Gasteiger partial charge on any atom is 0.262 e. The van der Waals surface area contributed by atoms with E-state index in [1.54, 1.807) is 6.08 Å². The minimum Gasteiger partial charge on any atom is -0.330 e. The zero-order valence-electron chi connectivity index (χ0n) is 12.1. The standard InChI is InChI=1S/C14H17Cl2NO3S/c1-5-9-17(14(2,3)4)13(18)12-10(15)7-6-8-11(12)21(16,19)20/h5-8H,1,9H2,2-4H3. The van der Waals surface area contributed by atoms with E-state index >= 15 is 0 Å². The predicted octanol–water partition coefficient (Wildman–Crippen LogP) is 3.69. The molecule has 0 aliphatic rings. The molecular formula is C14H17Cl2NO3S. The van der Waals surface area contributed by atoms with Crippen LogP contribution in [0.3, 0.4) is 0 Å². The number of hydrogen-bond acceptors (Lipinski definition) is 3. The van der Waals surface area contributed by atoms with Gasteiger partial charge in [0.2, 0.25) is 0 Å². The molecule has 0 N–H and O–H groups in total. The molecule has 0 saturated heterocycles. The first-order valence-electron chi connectivity index (χ1n) is 6.16. The number of carbonyl (C=O) groups excluding carboxylic acids is 1. The maximum absolute atomic E-state index is 12.7. The van der Waals surface area contributed by atoms with E-state index in [0.29, 0.717) is 0 Å². The summed E-state index contributed by atoms with van der Waals surface area (Å²) in [5.41, 5.74) is -0.649. The van der Waals surface area contributed by atoms with E-state index in [-0.39, 0.29) is 22.0 Å². The van der Waals surface area contributed by atoms with Crippen molar-refractivity contribution in [3.05, 3.63) is 41.4 Å². The van der Waals surface area contributed by atoms with E-state index < -0.39 is 20.5 Å². The lowest BCUT2D eigenvalue weighted by Crippen LogP contribution is -2.46. The van der Waals surface area contributed by atoms with Crippen LogP contribution >= 0.6 is 22.3 Å². The molecule has 1 amide bonds. The van der Waals surface area contributed by atoms with Crippen LogP contribution in [0.1, 0.15) is 31.1 Å². The van der Waals surface area contributed by atoms with Crippen molar-refractivity contribution < 1.29 is 13.2 Å². The Bertz CT molecular complexity index is 663. The SMILES string of the molecule is C=CCN(C(=O)c1c(Cl)cccc1S(=O)(=O)Cl)C(C)(C)C. The Balaban J connectivity index is 3.52. The highest BCUT2D eigenvalue weighted by Gasteiger charge is 2.31. The van der Waals surface area contributed by atoms with Gasteiger partial charge in [-0.3, -0.25) is 4.79 Å². The van der Waals surface area contributed by atoms with Crippen molar-refractivity contribution >= 4 is 37.2 Å². The Morgan fingerprint density at radius 3 is 2.38 bits per heavy atom. The van der Waals surface area contributed by atoms with Crippen molar-refractivity contribution in [2.75, 3.05) is 6.54 Å². The topological polar surface area (TPSA) is 54.5 Å². The molecule has 1 aromatic rings. The monoisotopic (exact) mass is 349 g/mol. The number of rotatable bonds is 4. The van der Waals surface area contributed by atoms with Gasteiger partial charge in [0.1, 0.15) is 0 Å². The lowest BCUT2D eigenvalue weighted by atomic mass is 10.0. The van der Waals surface area contributed by atoms with Crippen molar-refractivity contribution in [1.29, 1.82) is 0 Å². The van der Waals surface area contributed by atoms with Gasteiger partial charge in [0.25, 0.3) is 15.0 Å². The van der Waals surface area contributed by atoms with Crippen molar-refractivity contribution in [2.24, 2.45) is 0 Å². The van der Waals surface area contributed by atoms with Crippen LogP contribution in [0, 0.1) is 0 Å². The summed E-state index contributed by atoms with van der Waals surface area (Å²) in [7, 11) is 1.32. The minimum absolute atomic E-state index is 0.0417. The van der Waals surface area contributed by atoms with Crippen molar-refractivity contribution in [1.82, 2.24) is 4.90 Å². The second-order valence-corrected chi connectivity index (χ2v) is 8.37. The van der Waals surface area contributed by atoms with Gasteiger partial charge in [0.15, 0.2) is 0 Å². The first kappa shape index (κ1) is 18.0. The van der Waals surface area contributed by atoms with E-state index in [4.69, 9.17) is 22.3 Å². The molecule has 0 heterocycles. The second kappa shape index (κ2) is 6.38. The van der Waals surface area contributed by atoms with Crippen LogP contribution < -0.4 is 0 Å². The van der Waals surface area contributed by atoms with Crippen LogP contribution in [-0.4, -0.2) is 31.3 Å². The molecular weight excluding hydrogens is 333 g/mol. The van der Waals surface area contributed by atoms with Crippen LogP contribution in [0.5, 0.6) is 0 Å². The van der Waals surface area contributed by atoms with E-state index in [0.717, 1.165) is 0 Å². The molecule has 0 unspecified atom stereocenters. The van der Waals surface area contributed by atoms with Crippen LogP contribution in [0.25, 0.3) is 0 Å². The lowest BCUT2D eigenvalue weighted by Gasteiger charge is -2.35. The normalized spacial score (nSPS) is 12.0. The Hall–Kier alpha value is -1.04. The molecule has 21 heavy (non-hydrogen) atoms. The highest BCUT2D eigenvalue weighted by atomic mass is 35.7. The maximum atomic E-state index is 12.7. The second-order valence-electron chi connectivity index (χ2n) is 5.43. The van der Waals surface area contributed by atoms with Crippen molar-refractivity contribution in [3.8, 4) is 0 Å². The quantitative estimate of drug-likeness (QED) is 0.615. The number of carbonyl (C=O) groups is 1. The molecule has 0 saturated carbocycles. The molecule has 1 aromatic carbocycles. The molecule has 116 valence electrons. The van der Waals surface area contributed by atoms with Crippen LogP contribution in [0.2, 0.25) is 5.02 Å². The zero-order chi connectivity index (χ0) is 16.4. The molecule has 0 atom stereocenters. The first-order valence-corrected chi connectivity index (χ1v) is 8.85. The minimum atomic E-state index is -4.08. The highest BCUT2D eigenvalue weighted by molar-refractivity contribution is 8.13. The third-order valence-electron chi connectivity index (χ3n) is 2.82. The summed E-state index contributed by atoms with van der Waals surface area (Å²) in [6.07, 6.45) is 1.56. The summed E-state index contributed by atoms with van der Waals surface area (Å²) in [5, 5.41) is 0.0417. The molecule has 0 radical (unpaired) electrons. The van der Waals surface area contributed by atoms with Gasteiger partial charge < -0.3 is 4.90 Å². The average molecular weight is 350 g/mol. The third-order valence-corrected chi connectivity index (χ3v) is 4.50. The molecule has 0 spiro atoms. The van der Waals surface area contributed by atoms with Crippen LogP contribution in [0.4, 0.5) is 0 Å². The van der Waals surface area contributed by atoms with E-state index in [1.807, 2.05) is 20.8 Å². The lowest BCUT2D eigenvalue weighted by molar-refractivity contribution is 0.0613. The van der Waals surface area contributed by atoms with Crippen LogP contribution in [0.15, 0.2) is 35.7 Å². The molecule has 7 heteroatoms. The highest BCUT2D eigenvalue weighted by Crippen LogP contribution is 2.29. The van der Waals surface area contributed by atoms with Crippen molar-refractivity contribution in [2.45, 2.75) is 31.2 Å². The third kappa shape index (κ3) is 4.22. The molecule has 0 aliphatic heterocycles. The van der Waals surface area contributed by atoms with Gasteiger partial charge in [0, 0.05) is 22.8 Å². The summed E-state index contributed by atoms with van der Waals surface area (Å²) in [4.78, 5) is 13.9. The fourth-order valence-corrected chi connectivity index (χ4v) is 3.22. The Morgan fingerprint density at radius 2 is 1.95 bits per heavy atom. The Morgan fingerprint density at radius 1 is 1.38 bits per heavy atom. The van der Waals surface area contributed by atoms with Gasteiger partial charge in [-0.25, -0.2) is 8.42 Å². The molecule has 0 aromatic heterocycles. The summed E-state index contributed by atoms with van der Waals surface area (Å²) >= 11 is 6.03. The van der Waals surface area contributed by atoms with Gasteiger partial charge in [-0.2, -0.15) is 0 Å². The van der Waals surface area contributed by atoms with E-state index in [9.17, 15) is 13.2 Å². The number of hydrogen-bond donors (Lipinski definition) is 0. The fraction of sp³-hybridized carbons (Fsp3) is 0.357. The number of benzene rings is 1. The molecule has 1 rings (SSSR count). The van der Waals surface area contributed by atoms with Gasteiger partial charge >= 0.3 is 0 Å². The van der Waals surface area contributed by atoms with Crippen LogP contribution in [-0.2, 0) is 9.05 Å². The van der Waals surface area contributed by atoms with Gasteiger partial charge in [0.05, 0.1) is 15.5 Å². The molecule has 0 aliphatic carbocycles. The number of nitrogens with zero attached hydrogens (tertiary/aromatic N) is 1. The smallest absolute Gasteiger partial charge is 0.262 e. The fourth-order valence-electron chi connectivity index (χ4n) is 1.84. The molecule has 4 nitrogen and oxygen atoms in total. The summed E-state index contributed by atoms with van der Waals surface area (Å²) in [6.45, 7) is 9.37. The Labute approximate surface area is 134 Å². The predicted molar refractivity (Wildman–Crippen MR) is 85.5 cm³/mol. The summed E-state index contributed by atoms with van der Waals surface area (Å²) in [5.74, 6) is -0.507. The molecule has 0 bridgehead atoms. The molecule has 0 fully saturated rings. The zero-order valence-corrected chi connectivity index (χ0v) is 14.4. The average Bonchev–Trinajstić information content (AvgIpc) is 2.32. The number of amides is 1. The summed E-state index contributed by atoms with van der Waals surface area (Å²) < 4.78 is 23.3. The summed E-state index contributed by atoms with van der Waals surface area (Å²) in [6, 6.07) is 4.15. The van der Waals surface area contributed by atoms with Gasteiger partial charge in [-0.05, 0) is 32.9 Å². The van der Waals surface area contributed by atoms with E-state index in [1.165, 1.54) is 23.1 Å². The number of halogens is 2.